The molecule has 45 heavy (non-hydrogen) atoms. The number of halogens is 1. The minimum absolute atomic E-state index is 0.192. The van der Waals surface area contributed by atoms with Crippen molar-refractivity contribution in [2.24, 2.45) is 16.5 Å². The summed E-state index contributed by atoms with van der Waals surface area (Å²) < 4.78 is 0. The SMILES string of the molecule is C/C(N)=C/C=C\CBr.CCNc1cc(CN(CCCC(N)=O)c2cc(C)cc(C)c2)ccc1NC=NCCCN(CC)CCO. The zero-order valence-electron chi connectivity index (χ0n) is 28.0. The Bertz CT molecular complexity index is 1190. The maximum Gasteiger partial charge on any atom is 0.217 e. The number of anilines is 3. The molecular formula is C35H56BrN7O2. The molecule has 0 saturated carbocycles. The first-order chi connectivity index (χ1) is 21.6. The van der Waals surface area contributed by atoms with E-state index in [1.54, 1.807) is 6.34 Å². The normalized spacial score (nSPS) is 11.6. The van der Waals surface area contributed by atoms with E-state index in [1.807, 2.05) is 25.2 Å². The molecule has 0 atom stereocenters. The van der Waals surface area contributed by atoms with Crippen molar-refractivity contribution < 1.29 is 9.90 Å². The molecule has 0 unspecified atom stereocenters. The quantitative estimate of drug-likeness (QED) is 0.0383. The fourth-order valence-electron chi connectivity index (χ4n) is 4.66. The van der Waals surface area contributed by atoms with Crippen molar-refractivity contribution in [2.45, 2.75) is 60.4 Å². The van der Waals surface area contributed by atoms with E-state index in [2.05, 4.69) is 105 Å². The third-order valence-corrected chi connectivity index (χ3v) is 7.14. The summed E-state index contributed by atoms with van der Waals surface area (Å²) in [5, 5.41) is 16.8. The molecular weight excluding hydrogens is 630 g/mol. The van der Waals surface area contributed by atoms with E-state index in [4.69, 9.17) is 16.6 Å². The van der Waals surface area contributed by atoms with Crippen molar-refractivity contribution in [3.63, 3.8) is 0 Å². The second-order valence-corrected chi connectivity index (χ2v) is 11.6. The van der Waals surface area contributed by atoms with Crippen molar-refractivity contribution in [3.05, 3.63) is 77.0 Å². The molecule has 7 N–H and O–H groups in total. The summed E-state index contributed by atoms with van der Waals surface area (Å²) >= 11 is 3.24. The van der Waals surface area contributed by atoms with Gasteiger partial charge in [-0.05, 0) is 101 Å². The molecule has 2 aromatic rings. The summed E-state index contributed by atoms with van der Waals surface area (Å²) in [4.78, 5) is 20.4. The lowest BCUT2D eigenvalue weighted by atomic mass is 10.1. The summed E-state index contributed by atoms with van der Waals surface area (Å²) in [5.41, 5.74) is 18.3. The fraction of sp³-hybridized carbons (Fsp3) is 0.486. The highest BCUT2D eigenvalue weighted by Gasteiger charge is 2.11. The molecule has 0 radical (unpaired) electrons. The zero-order chi connectivity index (χ0) is 33.5. The molecule has 0 heterocycles. The van der Waals surface area contributed by atoms with Crippen molar-refractivity contribution >= 4 is 45.2 Å². The maximum atomic E-state index is 11.3. The number of benzene rings is 2. The lowest BCUT2D eigenvalue weighted by Crippen LogP contribution is -2.28. The van der Waals surface area contributed by atoms with Gasteiger partial charge in [0.15, 0.2) is 0 Å². The lowest BCUT2D eigenvalue weighted by molar-refractivity contribution is -0.118. The summed E-state index contributed by atoms with van der Waals surface area (Å²) in [6.45, 7) is 16.1. The molecule has 0 aliphatic heterocycles. The van der Waals surface area contributed by atoms with Crippen LogP contribution in [0, 0.1) is 13.8 Å². The highest BCUT2D eigenvalue weighted by Crippen LogP contribution is 2.26. The summed E-state index contributed by atoms with van der Waals surface area (Å²) in [6.07, 6.45) is 9.58. The molecule has 2 rings (SSSR count). The van der Waals surface area contributed by atoms with Gasteiger partial charge in [0.25, 0.3) is 0 Å². The number of hydrogen-bond acceptors (Lipinski definition) is 7. The molecule has 2 aromatic carbocycles. The number of carbonyl (C=O) groups excluding carboxylic acids is 1. The molecule has 0 aromatic heterocycles. The number of aliphatic imine (C=N–C) groups is 1. The van der Waals surface area contributed by atoms with Gasteiger partial charge >= 0.3 is 0 Å². The number of aryl methyl sites for hydroxylation is 2. The van der Waals surface area contributed by atoms with Crippen molar-refractivity contribution in [1.82, 2.24) is 4.90 Å². The number of nitrogens with one attached hydrogen (secondary N) is 2. The van der Waals surface area contributed by atoms with Crippen LogP contribution < -0.4 is 27.0 Å². The number of rotatable bonds is 20. The Labute approximate surface area is 280 Å². The second kappa shape index (κ2) is 24.0. The van der Waals surface area contributed by atoms with Crippen LogP contribution >= 0.6 is 15.9 Å². The number of likely N-dealkylation sites (N-methyl/N-ethyl adjacent to an activating group) is 1. The minimum atomic E-state index is -0.264. The molecule has 9 nitrogen and oxygen atoms in total. The topological polar surface area (TPSA) is 132 Å². The van der Waals surface area contributed by atoms with Crippen LogP contribution in [0.2, 0.25) is 0 Å². The predicted octanol–water partition coefficient (Wildman–Crippen LogP) is 5.95. The van der Waals surface area contributed by atoms with Crippen LogP contribution in [0.1, 0.15) is 56.7 Å². The number of hydrogen-bond donors (Lipinski definition) is 5. The molecule has 0 fully saturated rings. The number of alkyl halides is 1. The smallest absolute Gasteiger partial charge is 0.217 e. The van der Waals surface area contributed by atoms with Crippen LogP contribution in [-0.4, -0.2) is 73.5 Å². The molecule has 0 spiro atoms. The third kappa shape index (κ3) is 18.3. The Kier molecular flexibility index (Phi) is 21.1. The van der Waals surface area contributed by atoms with Gasteiger partial charge < -0.3 is 37.0 Å². The average Bonchev–Trinajstić information content (AvgIpc) is 2.98. The van der Waals surface area contributed by atoms with Gasteiger partial charge in [0.1, 0.15) is 0 Å². The van der Waals surface area contributed by atoms with E-state index in [-0.39, 0.29) is 12.5 Å². The maximum absolute atomic E-state index is 11.3. The highest BCUT2D eigenvalue weighted by molar-refractivity contribution is 9.09. The molecule has 250 valence electrons. The van der Waals surface area contributed by atoms with Gasteiger partial charge in [-0.2, -0.15) is 0 Å². The Hall–Kier alpha value is -3.34. The summed E-state index contributed by atoms with van der Waals surface area (Å²) in [5.74, 6) is -0.264. The van der Waals surface area contributed by atoms with Crippen LogP contribution in [0.5, 0.6) is 0 Å². The number of aliphatic hydroxyl groups excluding tert-OH is 1. The first kappa shape index (κ1) is 39.7. The molecule has 1 amide bonds. The lowest BCUT2D eigenvalue weighted by Gasteiger charge is -2.26. The van der Waals surface area contributed by atoms with Crippen LogP contribution in [0.15, 0.2) is 65.3 Å². The van der Waals surface area contributed by atoms with Gasteiger partial charge in [-0.25, -0.2) is 0 Å². The van der Waals surface area contributed by atoms with Gasteiger partial charge in [-0.1, -0.05) is 47.1 Å². The van der Waals surface area contributed by atoms with E-state index in [0.29, 0.717) is 19.4 Å². The van der Waals surface area contributed by atoms with E-state index >= 15 is 0 Å². The molecule has 0 aliphatic carbocycles. The first-order valence-electron chi connectivity index (χ1n) is 15.8. The average molecular weight is 687 g/mol. The molecule has 0 saturated heterocycles. The van der Waals surface area contributed by atoms with Crippen molar-refractivity contribution in [3.8, 4) is 0 Å². The number of nitrogens with two attached hydrogens (primary N) is 2. The second-order valence-electron chi connectivity index (χ2n) is 10.9. The highest BCUT2D eigenvalue weighted by atomic mass is 79.9. The third-order valence-electron chi connectivity index (χ3n) is 6.77. The van der Waals surface area contributed by atoms with E-state index in [9.17, 15) is 4.79 Å². The van der Waals surface area contributed by atoms with E-state index in [1.165, 1.54) is 16.7 Å². The van der Waals surface area contributed by atoms with Gasteiger partial charge in [-0.3, -0.25) is 9.79 Å². The zero-order valence-corrected chi connectivity index (χ0v) is 29.6. The van der Waals surface area contributed by atoms with E-state index in [0.717, 1.165) is 73.8 Å². The number of amides is 1. The molecule has 0 bridgehead atoms. The van der Waals surface area contributed by atoms with Gasteiger partial charge in [0.2, 0.25) is 5.91 Å². The van der Waals surface area contributed by atoms with E-state index < -0.39 is 0 Å². The van der Waals surface area contributed by atoms with Crippen LogP contribution in [0.3, 0.4) is 0 Å². The first-order valence-corrected chi connectivity index (χ1v) is 17.0. The summed E-state index contributed by atoms with van der Waals surface area (Å²) in [6, 6.07) is 13.0. The van der Waals surface area contributed by atoms with Crippen molar-refractivity contribution in [1.29, 1.82) is 0 Å². The number of carbonyl (C=O) groups is 1. The molecule has 0 aliphatic rings. The number of aliphatic hydroxyl groups is 1. The Morgan fingerprint density at radius 3 is 2.36 bits per heavy atom. The standard InChI is InChI=1S/C29H46N6O2.C6H10BrN/c1-5-32-28-20-25(10-11-27(28)33-22-31-12-8-13-34(6-2)15-16-36)21-35(14-7-9-29(30)37)26-18-23(3)17-24(4)19-26;1-6(8)4-2-3-5-7/h10-11,17-20,22,32,36H,5-9,12-16,21H2,1-4H3,(H2,30,37)(H,31,33);2-4H,5,8H2,1H3/b;3-2-,6-4-. The van der Waals surface area contributed by atoms with Crippen molar-refractivity contribution in [2.75, 3.05) is 66.7 Å². The minimum Gasteiger partial charge on any atom is -0.402 e. The Balaban J connectivity index is 0.00000111. The number of primary amides is 1. The number of nitrogens with zero attached hydrogens (tertiary/aromatic N) is 3. The van der Waals surface area contributed by atoms with Gasteiger partial charge in [0.05, 0.1) is 24.3 Å². The monoisotopic (exact) mass is 685 g/mol. The largest absolute Gasteiger partial charge is 0.402 e. The van der Waals surface area contributed by atoms with Crippen LogP contribution in [0.4, 0.5) is 17.1 Å². The summed E-state index contributed by atoms with van der Waals surface area (Å²) in [7, 11) is 0. The van der Waals surface area contributed by atoms with Gasteiger partial charge in [-0.15, -0.1) is 0 Å². The van der Waals surface area contributed by atoms with Crippen LogP contribution in [0.25, 0.3) is 0 Å². The van der Waals surface area contributed by atoms with Gasteiger partial charge in [0, 0.05) is 55.9 Å². The number of allylic oxidation sites excluding steroid dienone is 4. The Morgan fingerprint density at radius 2 is 1.76 bits per heavy atom. The molecule has 10 heteroatoms. The predicted molar refractivity (Wildman–Crippen MR) is 198 cm³/mol. The fourth-order valence-corrected chi connectivity index (χ4v) is 4.87. The van der Waals surface area contributed by atoms with Crippen LogP contribution in [-0.2, 0) is 11.3 Å². The Morgan fingerprint density at radius 1 is 1.02 bits per heavy atom.